The van der Waals surface area contributed by atoms with Gasteiger partial charge in [0.2, 0.25) is 0 Å². The van der Waals surface area contributed by atoms with Gasteiger partial charge in [-0.05, 0) is 0 Å². The van der Waals surface area contributed by atoms with E-state index in [0.717, 1.165) is 0 Å². The number of hydrogen-bond donors (Lipinski definition) is 6. The molecule has 0 aromatic heterocycles. The van der Waals surface area contributed by atoms with Gasteiger partial charge in [0.15, 0.2) is 5.60 Å². The molecule has 0 saturated carbocycles. The Kier molecular flexibility index (Phi) is 13.4. The van der Waals surface area contributed by atoms with E-state index in [4.69, 9.17) is 30.0 Å². The van der Waals surface area contributed by atoms with E-state index in [2.05, 4.69) is 8.83 Å². The van der Waals surface area contributed by atoms with Crippen molar-refractivity contribution >= 4 is 84.9 Å². The molecular weight excluding hydrogens is 437 g/mol. The van der Waals surface area contributed by atoms with Gasteiger partial charge in [-0.15, -0.1) is 0 Å². The van der Waals surface area contributed by atoms with Crippen molar-refractivity contribution in [3.8, 4) is 0 Å². The molecule has 17 heteroatoms. The molecule has 1 unspecified atom stereocenters. The summed E-state index contributed by atoms with van der Waals surface area (Å²) < 4.78 is 28.9. The number of carbonyl (C=O) groups is 3. The molecule has 0 aliphatic rings. The van der Waals surface area contributed by atoms with Crippen LogP contribution in [0, 0.1) is 0 Å². The Balaban J connectivity index is -0.00000200. The molecule has 13 nitrogen and oxygen atoms in total. The van der Waals surface area contributed by atoms with Crippen molar-refractivity contribution in [2.45, 2.75) is 18.4 Å². The minimum absolute atomic E-state index is 0. The van der Waals surface area contributed by atoms with Gasteiger partial charge in [0, 0.05) is 17.1 Å². The first-order valence-electron chi connectivity index (χ1n) is 4.66. The number of hydrogen-bond acceptors (Lipinski definition) is 7. The van der Waals surface area contributed by atoms with E-state index >= 15 is 0 Å². The number of carboxylic acid groups (broad SMARTS) is 3. The topological polar surface area (TPSA) is 225 Å². The van der Waals surface area contributed by atoms with Gasteiger partial charge >= 0.3 is 84.9 Å². The molecule has 0 radical (unpaired) electrons. The predicted molar refractivity (Wildman–Crippen MR) is 66.1 cm³/mol. The van der Waals surface area contributed by atoms with Crippen molar-refractivity contribution in [2.24, 2.45) is 0 Å². The van der Waals surface area contributed by atoms with E-state index in [1.165, 1.54) is 0 Å². The Morgan fingerprint density at radius 1 is 0.913 bits per heavy atom. The van der Waals surface area contributed by atoms with Crippen LogP contribution in [0.1, 0.15) is 12.8 Å². The summed E-state index contributed by atoms with van der Waals surface area (Å²) in [5.74, 6) is -6.07. The fourth-order valence-electron chi connectivity index (χ4n) is 1.18. The van der Waals surface area contributed by atoms with E-state index in [0.29, 0.717) is 0 Å². The molecule has 0 aliphatic heterocycles. The Morgan fingerprint density at radius 2 is 1.26 bits per heavy atom. The van der Waals surface area contributed by atoms with Crippen LogP contribution in [0.2, 0.25) is 0 Å². The molecule has 0 rings (SSSR count). The van der Waals surface area contributed by atoms with Gasteiger partial charge in [-0.1, -0.05) is 0 Å². The summed E-state index contributed by atoms with van der Waals surface area (Å²) in [5, 5.41) is 25.9. The minimum atomic E-state index is -5.77. The molecule has 0 bridgehead atoms. The SMILES string of the molecule is O=C(O)CC(CC(=O)O)(OP(=O)(O)OP(=O)(O)O)C(=O)O.[Fe].[KH]. The van der Waals surface area contributed by atoms with E-state index < -0.39 is 52.0 Å². The van der Waals surface area contributed by atoms with Crippen LogP contribution in [0.3, 0.4) is 0 Å². The second-order valence-corrected chi connectivity index (χ2v) is 6.33. The molecule has 0 saturated heterocycles. The molecule has 0 fully saturated rings. The van der Waals surface area contributed by atoms with Gasteiger partial charge < -0.3 is 30.0 Å². The van der Waals surface area contributed by atoms with Crippen molar-refractivity contribution < 1.29 is 79.4 Å². The van der Waals surface area contributed by atoms with Crippen molar-refractivity contribution in [2.75, 3.05) is 0 Å². The first-order chi connectivity index (χ1) is 9.19. The van der Waals surface area contributed by atoms with Crippen molar-refractivity contribution in [1.82, 2.24) is 0 Å². The number of aliphatic carboxylic acids is 3. The third-order valence-electron chi connectivity index (χ3n) is 1.76. The third-order valence-corrected chi connectivity index (χ3v) is 4.02. The summed E-state index contributed by atoms with van der Waals surface area (Å²) in [6.45, 7) is 0. The molecule has 0 aromatic carbocycles. The first kappa shape index (κ1) is 28.6. The van der Waals surface area contributed by atoms with Crippen molar-refractivity contribution in [3.63, 3.8) is 0 Å². The maximum atomic E-state index is 11.3. The van der Waals surface area contributed by atoms with Crippen LogP contribution in [-0.2, 0) is 49.4 Å². The summed E-state index contributed by atoms with van der Waals surface area (Å²) in [6, 6.07) is 0. The van der Waals surface area contributed by atoms with Crippen LogP contribution in [0.15, 0.2) is 0 Å². The number of phosphoric ester groups is 1. The van der Waals surface area contributed by atoms with Crippen LogP contribution in [-0.4, -0.2) is 105 Å². The molecule has 0 aromatic rings. The van der Waals surface area contributed by atoms with E-state index in [1.54, 1.807) is 0 Å². The molecule has 1 atom stereocenters. The summed E-state index contributed by atoms with van der Waals surface area (Å²) in [6.07, 6.45) is -3.16. The normalized spacial score (nSPS) is 13.9. The number of rotatable bonds is 9. The Bertz CT molecular complexity index is 527. The summed E-state index contributed by atoms with van der Waals surface area (Å²) in [7, 11) is -11.4. The first-order valence-corrected chi connectivity index (χ1v) is 7.69. The number of phosphoric acid groups is 2. The van der Waals surface area contributed by atoms with Gasteiger partial charge in [0.05, 0.1) is 12.8 Å². The average Bonchev–Trinajstić information content (AvgIpc) is 2.08. The van der Waals surface area contributed by atoms with Gasteiger partial charge in [0.25, 0.3) is 0 Å². The van der Waals surface area contributed by atoms with Gasteiger partial charge in [0.1, 0.15) is 0 Å². The second-order valence-electron chi connectivity index (χ2n) is 3.57. The zero-order chi connectivity index (χ0) is 17.1. The van der Waals surface area contributed by atoms with Crippen molar-refractivity contribution in [1.29, 1.82) is 0 Å². The fourth-order valence-corrected chi connectivity index (χ4v) is 3.04. The van der Waals surface area contributed by atoms with E-state index in [9.17, 15) is 23.5 Å². The molecule has 0 aliphatic carbocycles. The molecular formula is C6H11FeKO13P2. The molecule has 6 N–H and O–H groups in total. The van der Waals surface area contributed by atoms with Crippen molar-refractivity contribution in [3.05, 3.63) is 0 Å². The molecule has 0 amide bonds. The molecule has 23 heavy (non-hydrogen) atoms. The molecule has 132 valence electrons. The summed E-state index contributed by atoms with van der Waals surface area (Å²) >= 11 is 0. The van der Waals surface area contributed by atoms with Gasteiger partial charge in [-0.3, -0.25) is 14.1 Å². The van der Waals surface area contributed by atoms with Crippen LogP contribution in [0.5, 0.6) is 0 Å². The van der Waals surface area contributed by atoms with E-state index in [-0.39, 0.29) is 68.5 Å². The summed E-state index contributed by atoms with van der Waals surface area (Å²) in [4.78, 5) is 57.9. The monoisotopic (exact) mass is 448 g/mol. The van der Waals surface area contributed by atoms with Crippen LogP contribution in [0.4, 0.5) is 0 Å². The van der Waals surface area contributed by atoms with Crippen LogP contribution >= 0.6 is 15.6 Å². The second kappa shape index (κ2) is 10.7. The van der Waals surface area contributed by atoms with E-state index in [1.807, 2.05) is 0 Å². The fraction of sp³-hybridized carbons (Fsp3) is 0.500. The third kappa shape index (κ3) is 11.9. The zero-order valence-electron chi connectivity index (χ0n) is 10.2. The standard InChI is InChI=1S/C6H10O13P2.Fe.K.H/c7-3(8)1-6(5(11)12,2-4(9)10)18-21(16,17)19-20(13,14)15;;;/h1-2H2,(H,7,8)(H,9,10)(H,11,12)(H,16,17)(H2,13,14,15);;;. The van der Waals surface area contributed by atoms with Crippen LogP contribution in [0.25, 0.3) is 0 Å². The average molecular weight is 448 g/mol. The Hall–Kier alpha value is 0.826. The van der Waals surface area contributed by atoms with Gasteiger partial charge in [-0.25, -0.2) is 13.9 Å². The zero-order valence-corrected chi connectivity index (χ0v) is 13.1. The molecule has 0 heterocycles. The Labute approximate surface area is 181 Å². The van der Waals surface area contributed by atoms with Crippen LogP contribution < -0.4 is 0 Å². The Morgan fingerprint density at radius 3 is 1.48 bits per heavy atom. The summed E-state index contributed by atoms with van der Waals surface area (Å²) in [5.41, 5.74) is -3.27. The van der Waals surface area contributed by atoms with Gasteiger partial charge in [-0.2, -0.15) is 4.31 Å². The molecule has 0 spiro atoms. The number of carboxylic acids is 3. The predicted octanol–water partition coefficient (Wildman–Crippen LogP) is -1.67. The maximum absolute atomic E-state index is 11.3. The quantitative estimate of drug-likeness (QED) is 0.172.